The molecule has 146 valence electrons. The molecule has 0 saturated heterocycles. The van der Waals surface area contributed by atoms with E-state index in [4.69, 9.17) is 9.47 Å². The molecule has 2 heterocycles. The Kier molecular flexibility index (Phi) is 5.11. The molecule has 0 spiro atoms. The van der Waals surface area contributed by atoms with Crippen LogP contribution in [-0.4, -0.2) is 34.6 Å². The fraction of sp³-hybridized carbons (Fsp3) is 0.136. The van der Waals surface area contributed by atoms with Crippen LogP contribution in [0.3, 0.4) is 0 Å². The summed E-state index contributed by atoms with van der Waals surface area (Å²) in [5.41, 5.74) is 3.73. The molecule has 7 nitrogen and oxygen atoms in total. The number of nitrogens with one attached hydrogen (secondary N) is 2. The van der Waals surface area contributed by atoms with Crippen LogP contribution in [0.5, 0.6) is 5.75 Å². The van der Waals surface area contributed by atoms with Crippen LogP contribution in [0.25, 0.3) is 22.2 Å². The lowest BCUT2D eigenvalue weighted by atomic mass is 10.1. The first-order chi connectivity index (χ1) is 14.2. The number of benzene rings is 2. The Morgan fingerprint density at radius 1 is 1.14 bits per heavy atom. The number of esters is 1. The van der Waals surface area contributed by atoms with Crippen molar-refractivity contribution in [2.24, 2.45) is 0 Å². The molecule has 0 aliphatic heterocycles. The summed E-state index contributed by atoms with van der Waals surface area (Å²) in [6, 6.07) is 17.0. The van der Waals surface area contributed by atoms with Crippen molar-refractivity contribution in [2.45, 2.75) is 6.92 Å². The number of nitrogens with zero attached hydrogens (tertiary/aromatic N) is 2. The van der Waals surface area contributed by atoms with Crippen molar-refractivity contribution in [3.63, 3.8) is 0 Å². The second-order valence-corrected chi connectivity index (χ2v) is 6.30. The fourth-order valence-corrected chi connectivity index (χ4v) is 3.08. The molecule has 0 fully saturated rings. The molecule has 0 bridgehead atoms. The largest absolute Gasteiger partial charge is 0.496 e. The van der Waals surface area contributed by atoms with Gasteiger partial charge in [-0.1, -0.05) is 12.1 Å². The molecule has 2 N–H and O–H groups in total. The SMILES string of the molecule is CCOC(=O)c1cc2cc(Nc3nccc(-c4ccccc4OC)n3)ccc2[nH]1. The fourth-order valence-electron chi connectivity index (χ4n) is 3.08. The zero-order valence-electron chi connectivity index (χ0n) is 16.1. The Balaban J connectivity index is 1.61. The van der Waals surface area contributed by atoms with Crippen LogP contribution < -0.4 is 10.1 Å². The van der Waals surface area contributed by atoms with Crippen LogP contribution in [-0.2, 0) is 4.74 Å². The number of anilines is 2. The highest BCUT2D eigenvalue weighted by Crippen LogP contribution is 2.29. The number of hydrogen-bond donors (Lipinski definition) is 2. The molecule has 2 aromatic heterocycles. The van der Waals surface area contributed by atoms with Crippen LogP contribution >= 0.6 is 0 Å². The minimum absolute atomic E-state index is 0.334. The quantitative estimate of drug-likeness (QED) is 0.471. The van der Waals surface area contributed by atoms with Crippen molar-refractivity contribution < 1.29 is 14.3 Å². The van der Waals surface area contributed by atoms with Crippen molar-refractivity contribution in [3.8, 4) is 17.0 Å². The molecule has 0 amide bonds. The van der Waals surface area contributed by atoms with Crippen molar-refractivity contribution in [2.75, 3.05) is 19.0 Å². The molecule has 0 unspecified atom stereocenters. The molecule has 4 aromatic rings. The molecule has 29 heavy (non-hydrogen) atoms. The summed E-state index contributed by atoms with van der Waals surface area (Å²) < 4.78 is 10.5. The van der Waals surface area contributed by atoms with Crippen molar-refractivity contribution >= 4 is 28.5 Å². The number of aromatic nitrogens is 3. The lowest BCUT2D eigenvalue weighted by molar-refractivity contribution is 0.0520. The maximum atomic E-state index is 11.9. The number of carbonyl (C=O) groups excluding carboxylic acids is 1. The van der Waals surface area contributed by atoms with Gasteiger partial charge in [-0.15, -0.1) is 0 Å². The van der Waals surface area contributed by atoms with Gasteiger partial charge in [0.25, 0.3) is 0 Å². The Morgan fingerprint density at radius 3 is 2.83 bits per heavy atom. The van der Waals surface area contributed by atoms with Gasteiger partial charge in [0.15, 0.2) is 0 Å². The summed E-state index contributed by atoms with van der Waals surface area (Å²) in [5.74, 6) is 0.845. The summed E-state index contributed by atoms with van der Waals surface area (Å²) >= 11 is 0. The maximum absolute atomic E-state index is 11.9. The Labute approximate surface area is 167 Å². The highest BCUT2D eigenvalue weighted by molar-refractivity contribution is 5.95. The molecular weight excluding hydrogens is 368 g/mol. The molecule has 0 aliphatic rings. The number of aromatic amines is 1. The normalized spacial score (nSPS) is 10.7. The standard InChI is InChI=1S/C22H20N4O3/c1-3-29-21(27)19-13-14-12-15(8-9-17(14)25-19)24-22-23-11-10-18(26-22)16-6-4-5-7-20(16)28-2/h4-13,25H,3H2,1-2H3,(H,23,24,26). The summed E-state index contributed by atoms with van der Waals surface area (Å²) in [7, 11) is 1.63. The average Bonchev–Trinajstić information content (AvgIpc) is 3.18. The first-order valence-corrected chi connectivity index (χ1v) is 9.21. The predicted molar refractivity (Wildman–Crippen MR) is 112 cm³/mol. The number of H-pyrrole nitrogens is 1. The minimum Gasteiger partial charge on any atom is -0.496 e. The average molecular weight is 388 g/mol. The maximum Gasteiger partial charge on any atom is 0.354 e. The van der Waals surface area contributed by atoms with Gasteiger partial charge in [-0.05, 0) is 49.4 Å². The Bertz CT molecular complexity index is 1170. The van der Waals surface area contributed by atoms with Crippen molar-refractivity contribution in [1.29, 1.82) is 0 Å². The van der Waals surface area contributed by atoms with Gasteiger partial charge in [0.1, 0.15) is 11.4 Å². The predicted octanol–water partition coefficient (Wildman–Crippen LogP) is 4.55. The van der Waals surface area contributed by atoms with Gasteiger partial charge in [-0.25, -0.2) is 14.8 Å². The Morgan fingerprint density at radius 2 is 2.00 bits per heavy atom. The number of ether oxygens (including phenoxy) is 2. The van der Waals surface area contributed by atoms with Gasteiger partial charge in [-0.2, -0.15) is 0 Å². The number of hydrogen-bond acceptors (Lipinski definition) is 6. The highest BCUT2D eigenvalue weighted by atomic mass is 16.5. The summed E-state index contributed by atoms with van der Waals surface area (Å²) in [6.45, 7) is 2.11. The number of rotatable bonds is 6. The zero-order valence-corrected chi connectivity index (χ0v) is 16.1. The van der Waals surface area contributed by atoms with E-state index in [-0.39, 0.29) is 5.97 Å². The van der Waals surface area contributed by atoms with Gasteiger partial charge in [-0.3, -0.25) is 0 Å². The second-order valence-electron chi connectivity index (χ2n) is 6.30. The summed E-state index contributed by atoms with van der Waals surface area (Å²) in [4.78, 5) is 23.9. The Hall–Kier alpha value is -3.87. The topological polar surface area (TPSA) is 89.1 Å². The number of carbonyl (C=O) groups is 1. The van der Waals surface area contributed by atoms with Crippen LogP contribution in [0, 0.1) is 0 Å². The van der Waals surface area contributed by atoms with E-state index in [9.17, 15) is 4.79 Å². The number of fused-ring (bicyclic) bond motifs is 1. The minimum atomic E-state index is -0.369. The van der Waals surface area contributed by atoms with E-state index in [1.807, 2.05) is 48.5 Å². The summed E-state index contributed by atoms with van der Waals surface area (Å²) in [5, 5.41) is 4.10. The lowest BCUT2D eigenvalue weighted by Crippen LogP contribution is -2.04. The second kappa shape index (κ2) is 8.02. The molecule has 0 saturated carbocycles. The number of para-hydroxylation sites is 1. The van der Waals surface area contributed by atoms with E-state index >= 15 is 0 Å². The molecule has 2 aromatic carbocycles. The third-order valence-corrected chi connectivity index (χ3v) is 4.41. The van der Waals surface area contributed by atoms with E-state index in [0.717, 1.165) is 33.6 Å². The van der Waals surface area contributed by atoms with E-state index in [1.165, 1.54) is 0 Å². The molecule has 4 rings (SSSR count). The third kappa shape index (κ3) is 3.89. The van der Waals surface area contributed by atoms with Crippen LogP contribution in [0.4, 0.5) is 11.6 Å². The molecule has 7 heteroatoms. The zero-order chi connectivity index (χ0) is 20.2. The van der Waals surface area contributed by atoms with E-state index < -0.39 is 0 Å². The number of methoxy groups -OCH3 is 1. The van der Waals surface area contributed by atoms with Crippen LogP contribution in [0.1, 0.15) is 17.4 Å². The molecule has 0 aliphatic carbocycles. The van der Waals surface area contributed by atoms with Crippen LogP contribution in [0.2, 0.25) is 0 Å². The van der Waals surface area contributed by atoms with Crippen molar-refractivity contribution in [1.82, 2.24) is 15.0 Å². The molecular formula is C22H20N4O3. The van der Waals surface area contributed by atoms with Gasteiger partial charge < -0.3 is 19.8 Å². The van der Waals surface area contributed by atoms with Gasteiger partial charge in [0.2, 0.25) is 5.95 Å². The first kappa shape index (κ1) is 18.5. The molecule has 0 radical (unpaired) electrons. The van der Waals surface area contributed by atoms with E-state index in [0.29, 0.717) is 18.2 Å². The first-order valence-electron chi connectivity index (χ1n) is 9.21. The van der Waals surface area contributed by atoms with E-state index in [1.54, 1.807) is 26.3 Å². The summed E-state index contributed by atoms with van der Waals surface area (Å²) in [6.07, 6.45) is 1.70. The van der Waals surface area contributed by atoms with Crippen molar-refractivity contribution in [3.05, 3.63) is 66.5 Å². The van der Waals surface area contributed by atoms with E-state index in [2.05, 4.69) is 20.3 Å². The highest BCUT2D eigenvalue weighted by Gasteiger charge is 2.11. The molecule has 0 atom stereocenters. The van der Waals surface area contributed by atoms with Gasteiger partial charge in [0.05, 0.1) is 19.4 Å². The third-order valence-electron chi connectivity index (χ3n) is 4.41. The smallest absolute Gasteiger partial charge is 0.354 e. The van der Waals surface area contributed by atoms with Gasteiger partial charge >= 0.3 is 5.97 Å². The van der Waals surface area contributed by atoms with Gasteiger partial charge in [0, 0.05) is 28.4 Å². The lowest BCUT2D eigenvalue weighted by Gasteiger charge is -2.09. The monoisotopic (exact) mass is 388 g/mol. The van der Waals surface area contributed by atoms with Crippen LogP contribution in [0.15, 0.2) is 60.8 Å².